The van der Waals surface area contributed by atoms with Crippen molar-refractivity contribution in [3.05, 3.63) is 54.3 Å². The summed E-state index contributed by atoms with van der Waals surface area (Å²) < 4.78 is 19.0. The molecular formula is C25H28N2Si. The number of benzene rings is 2. The maximum absolute atomic E-state index is 8.59. The van der Waals surface area contributed by atoms with Gasteiger partial charge < -0.3 is 4.40 Å². The summed E-state index contributed by atoms with van der Waals surface area (Å²) in [5.74, 6) is 0. The topological polar surface area (TPSA) is 17.3 Å². The van der Waals surface area contributed by atoms with Gasteiger partial charge in [-0.15, -0.1) is 0 Å². The molecule has 3 aromatic heterocycles. The quantitative estimate of drug-likeness (QED) is 0.196. The molecule has 0 unspecified atom stereocenters. The molecule has 0 radical (unpaired) electrons. The highest BCUT2D eigenvalue weighted by Gasteiger charge is 2.22. The van der Waals surface area contributed by atoms with Gasteiger partial charge in [-0.1, -0.05) is 69.9 Å². The Morgan fingerprint density at radius 3 is 2.54 bits per heavy atom. The van der Waals surface area contributed by atoms with E-state index in [4.69, 9.17) is 2.74 Å². The number of rotatable bonds is 2. The van der Waals surface area contributed by atoms with Crippen molar-refractivity contribution in [1.82, 2.24) is 9.38 Å². The second-order valence-electron chi connectivity index (χ2n) is 10.4. The first-order valence-electron chi connectivity index (χ1n) is 11.0. The lowest BCUT2D eigenvalue weighted by Gasteiger charge is -2.21. The zero-order valence-corrected chi connectivity index (χ0v) is 18.6. The predicted molar refractivity (Wildman–Crippen MR) is 125 cm³/mol. The van der Waals surface area contributed by atoms with Crippen molar-refractivity contribution in [2.45, 2.75) is 46.8 Å². The van der Waals surface area contributed by atoms with Crippen molar-refractivity contribution in [3.8, 4) is 0 Å². The van der Waals surface area contributed by atoms with Gasteiger partial charge in [0.15, 0.2) is 0 Å². The molecule has 0 amide bonds. The first-order valence-corrected chi connectivity index (χ1v) is 13.5. The molecule has 0 bridgehead atoms. The van der Waals surface area contributed by atoms with Crippen LogP contribution in [-0.4, -0.2) is 17.5 Å². The summed E-state index contributed by atoms with van der Waals surface area (Å²) in [6, 6.07) is 11.5. The standard InChI is InChI=1S/C25H28N2Si/c1-25(2,3)15-16-11-17-7-9-26-24-22(17)20(12-16)21-14-19(28(4,5)6)13-18-8-10-27(24)23(18)21/h7-14H,15H2,1-6H3/i7D,9D. The third kappa shape index (κ3) is 2.64. The van der Waals surface area contributed by atoms with Crippen LogP contribution in [0.5, 0.6) is 0 Å². The van der Waals surface area contributed by atoms with Gasteiger partial charge in [0.1, 0.15) is 5.65 Å². The minimum atomic E-state index is -1.50. The summed E-state index contributed by atoms with van der Waals surface area (Å²) in [4.78, 5) is 4.55. The Morgan fingerprint density at radius 1 is 1.04 bits per heavy atom. The average Bonchev–Trinajstić information content (AvgIpc) is 3.05. The lowest BCUT2D eigenvalue weighted by molar-refractivity contribution is 0.411. The number of hydrogen-bond donors (Lipinski definition) is 0. The van der Waals surface area contributed by atoms with E-state index < -0.39 is 8.07 Å². The van der Waals surface area contributed by atoms with Crippen LogP contribution in [0.25, 0.3) is 38.1 Å². The van der Waals surface area contributed by atoms with Gasteiger partial charge in [-0.2, -0.15) is 0 Å². The van der Waals surface area contributed by atoms with Gasteiger partial charge in [-0.25, -0.2) is 4.98 Å². The van der Waals surface area contributed by atoms with Crippen molar-refractivity contribution in [1.29, 1.82) is 0 Å². The van der Waals surface area contributed by atoms with Crippen LogP contribution in [0.1, 0.15) is 29.1 Å². The summed E-state index contributed by atoms with van der Waals surface area (Å²) in [7, 11) is -1.50. The molecule has 2 aromatic carbocycles. The molecule has 0 spiro atoms. The van der Waals surface area contributed by atoms with Crippen LogP contribution in [0.2, 0.25) is 19.6 Å². The van der Waals surface area contributed by atoms with E-state index in [1.165, 1.54) is 32.4 Å². The molecule has 142 valence electrons. The van der Waals surface area contributed by atoms with Gasteiger partial charge in [-0.05, 0) is 40.3 Å². The lowest BCUT2D eigenvalue weighted by atomic mass is 9.86. The third-order valence-corrected chi connectivity index (χ3v) is 7.70. The van der Waals surface area contributed by atoms with Crippen LogP contribution in [0.3, 0.4) is 0 Å². The van der Waals surface area contributed by atoms with E-state index in [0.29, 0.717) is 0 Å². The van der Waals surface area contributed by atoms with E-state index in [1.54, 1.807) is 0 Å². The normalized spacial score (nSPS) is 14.5. The molecule has 3 heteroatoms. The smallest absolute Gasteiger partial charge is 0.145 e. The first kappa shape index (κ1) is 15.5. The van der Waals surface area contributed by atoms with Crippen LogP contribution < -0.4 is 5.19 Å². The van der Waals surface area contributed by atoms with Gasteiger partial charge in [0.25, 0.3) is 0 Å². The fourth-order valence-electron chi connectivity index (χ4n) is 4.44. The zero-order chi connectivity index (χ0) is 21.6. The van der Waals surface area contributed by atoms with Crippen molar-refractivity contribution in [3.63, 3.8) is 0 Å². The predicted octanol–water partition coefficient (Wildman–Crippen LogP) is 6.37. The monoisotopic (exact) mass is 386 g/mol. The Morgan fingerprint density at radius 2 is 1.82 bits per heavy atom. The van der Waals surface area contributed by atoms with Gasteiger partial charge >= 0.3 is 0 Å². The Balaban J connectivity index is 2.04. The van der Waals surface area contributed by atoms with Crippen molar-refractivity contribution < 1.29 is 2.74 Å². The molecule has 0 N–H and O–H groups in total. The Labute approximate surface area is 170 Å². The summed E-state index contributed by atoms with van der Waals surface area (Å²) in [6.07, 6.45) is 3.04. The van der Waals surface area contributed by atoms with E-state index in [0.717, 1.165) is 22.8 Å². The van der Waals surface area contributed by atoms with Crippen LogP contribution >= 0.6 is 0 Å². The summed E-state index contributed by atoms with van der Waals surface area (Å²) >= 11 is 0. The van der Waals surface area contributed by atoms with Crippen LogP contribution in [-0.2, 0) is 6.42 Å². The van der Waals surface area contributed by atoms with E-state index in [2.05, 4.69) is 86.3 Å². The van der Waals surface area contributed by atoms with Gasteiger partial charge in [0.2, 0.25) is 0 Å². The number of aromatic nitrogens is 2. The number of nitrogens with zero attached hydrogens (tertiary/aromatic N) is 2. The minimum Gasteiger partial charge on any atom is -0.300 e. The number of pyridine rings is 2. The molecular weight excluding hydrogens is 356 g/mol. The zero-order valence-electron chi connectivity index (χ0n) is 19.6. The highest BCUT2D eigenvalue weighted by molar-refractivity contribution is 6.89. The largest absolute Gasteiger partial charge is 0.300 e. The van der Waals surface area contributed by atoms with E-state index in [1.807, 2.05) is 0 Å². The molecule has 0 aliphatic rings. The van der Waals surface area contributed by atoms with Gasteiger partial charge in [-0.3, -0.25) is 0 Å². The Bertz CT molecular complexity index is 1450. The summed E-state index contributed by atoms with van der Waals surface area (Å²) in [6.45, 7) is 13.9. The molecule has 3 heterocycles. The highest BCUT2D eigenvalue weighted by Crippen LogP contribution is 2.37. The summed E-state index contributed by atoms with van der Waals surface area (Å²) in [5, 5.41) is 6.92. The average molecular weight is 387 g/mol. The molecule has 0 aliphatic carbocycles. The van der Waals surface area contributed by atoms with Crippen molar-refractivity contribution >= 4 is 51.4 Å². The third-order valence-electron chi connectivity index (χ3n) is 5.68. The minimum absolute atomic E-state index is 0.0420. The molecule has 0 atom stereocenters. The molecule has 5 rings (SSSR count). The SMILES string of the molecule is [2H]c1nc2c3c(cc(CC(C)(C)C)cc3c3cc([Si](C)(C)C)cc4ccn2c43)c1[2H]. The maximum Gasteiger partial charge on any atom is 0.145 e. The number of hydrogen-bond acceptors (Lipinski definition) is 1. The van der Waals surface area contributed by atoms with Crippen molar-refractivity contribution in [2.75, 3.05) is 0 Å². The van der Waals surface area contributed by atoms with Crippen molar-refractivity contribution in [2.24, 2.45) is 5.41 Å². The van der Waals surface area contributed by atoms with E-state index >= 15 is 0 Å². The van der Waals surface area contributed by atoms with Gasteiger partial charge in [0.05, 0.1) is 16.3 Å². The molecule has 2 nitrogen and oxygen atoms in total. The second kappa shape index (κ2) is 5.57. The van der Waals surface area contributed by atoms with Crippen LogP contribution in [0, 0.1) is 5.41 Å². The Kier molecular flexibility index (Phi) is 3.09. The fourth-order valence-corrected chi connectivity index (χ4v) is 5.60. The van der Waals surface area contributed by atoms with Crippen LogP contribution in [0.4, 0.5) is 0 Å². The molecule has 0 saturated heterocycles. The molecule has 0 fully saturated rings. The first-order chi connectivity index (χ1) is 13.9. The molecule has 0 saturated carbocycles. The highest BCUT2D eigenvalue weighted by atomic mass is 28.3. The van der Waals surface area contributed by atoms with E-state index in [9.17, 15) is 0 Å². The second-order valence-corrected chi connectivity index (χ2v) is 15.5. The Hall–Kier alpha value is -2.39. The molecule has 28 heavy (non-hydrogen) atoms. The van der Waals surface area contributed by atoms with E-state index in [-0.39, 0.29) is 17.6 Å². The fraction of sp³-hybridized carbons (Fsp3) is 0.320. The molecule has 5 aromatic rings. The van der Waals surface area contributed by atoms with Gasteiger partial charge in [0, 0.05) is 28.5 Å². The van der Waals surface area contributed by atoms with Crippen LogP contribution in [0.15, 0.2) is 48.7 Å². The maximum atomic E-state index is 8.59. The number of fused-ring (bicyclic) bond motifs is 2. The molecule has 0 aliphatic heterocycles. The summed E-state index contributed by atoms with van der Waals surface area (Å²) in [5.41, 5.74) is 3.32. The lowest BCUT2D eigenvalue weighted by Crippen LogP contribution is -2.37.